The Hall–Kier alpha value is -3.23. The SMILES string of the molecule is O=C(NC1CCC(Nc2cc(C(F)(F)F)nc3ccccc23)CC1)c1cc(F)ccc1F. The highest BCUT2D eigenvalue weighted by molar-refractivity contribution is 5.94. The van der Waals surface area contributed by atoms with Gasteiger partial charge in [0.1, 0.15) is 17.3 Å². The summed E-state index contributed by atoms with van der Waals surface area (Å²) in [6.45, 7) is 0. The first kappa shape index (κ1) is 22.0. The maximum absolute atomic E-state index is 13.8. The number of pyridine rings is 1. The van der Waals surface area contributed by atoms with Gasteiger partial charge in [-0.3, -0.25) is 4.79 Å². The second kappa shape index (κ2) is 8.72. The van der Waals surface area contributed by atoms with E-state index in [-0.39, 0.29) is 23.2 Å². The molecule has 0 unspecified atom stereocenters. The lowest BCUT2D eigenvalue weighted by molar-refractivity contribution is -0.140. The first-order valence-corrected chi connectivity index (χ1v) is 10.2. The Balaban J connectivity index is 1.43. The molecule has 2 N–H and O–H groups in total. The average Bonchev–Trinajstić information content (AvgIpc) is 2.76. The maximum Gasteiger partial charge on any atom is 0.433 e. The zero-order chi connectivity index (χ0) is 22.9. The fourth-order valence-electron chi connectivity index (χ4n) is 3.98. The molecular weight excluding hydrogens is 429 g/mol. The lowest BCUT2D eigenvalue weighted by Crippen LogP contribution is -2.40. The van der Waals surface area contributed by atoms with E-state index in [2.05, 4.69) is 15.6 Å². The molecule has 0 atom stereocenters. The summed E-state index contributed by atoms with van der Waals surface area (Å²) in [6.07, 6.45) is -2.28. The molecule has 1 fully saturated rings. The predicted molar refractivity (Wildman–Crippen MR) is 110 cm³/mol. The van der Waals surface area contributed by atoms with Crippen molar-refractivity contribution in [2.24, 2.45) is 0 Å². The summed E-state index contributed by atoms with van der Waals surface area (Å²) in [7, 11) is 0. The molecule has 4 nitrogen and oxygen atoms in total. The number of nitrogens with zero attached hydrogens (tertiary/aromatic N) is 1. The van der Waals surface area contributed by atoms with Crippen LogP contribution < -0.4 is 10.6 Å². The minimum atomic E-state index is -4.56. The van der Waals surface area contributed by atoms with Gasteiger partial charge in [0.05, 0.1) is 11.1 Å². The molecule has 9 heteroatoms. The number of carbonyl (C=O) groups is 1. The van der Waals surface area contributed by atoms with E-state index in [4.69, 9.17) is 0 Å². The van der Waals surface area contributed by atoms with Crippen molar-refractivity contribution in [1.29, 1.82) is 0 Å². The Morgan fingerprint density at radius 2 is 1.62 bits per heavy atom. The standard InChI is InChI=1S/C23H20F5N3O/c24-13-5-10-18(25)17(11-13)22(32)30-15-8-6-14(7-9-15)29-20-12-21(23(26,27)28)31-19-4-2-1-3-16(19)20/h1-5,10-12,14-15H,6-9H2,(H,29,31)(H,30,32). The molecule has 1 amide bonds. The lowest BCUT2D eigenvalue weighted by atomic mass is 9.90. The van der Waals surface area contributed by atoms with E-state index in [1.807, 2.05) is 0 Å². The molecule has 0 bridgehead atoms. The monoisotopic (exact) mass is 449 g/mol. The highest BCUT2D eigenvalue weighted by atomic mass is 19.4. The predicted octanol–water partition coefficient (Wildman–Crippen LogP) is 5.68. The van der Waals surface area contributed by atoms with Crippen molar-refractivity contribution in [3.05, 3.63) is 71.4 Å². The summed E-state index contributed by atoms with van der Waals surface area (Å²) in [5.74, 6) is -2.19. The first-order chi connectivity index (χ1) is 15.2. The van der Waals surface area contributed by atoms with Crippen LogP contribution in [0.15, 0.2) is 48.5 Å². The largest absolute Gasteiger partial charge is 0.433 e. The van der Waals surface area contributed by atoms with Gasteiger partial charge in [0, 0.05) is 23.2 Å². The Morgan fingerprint density at radius 1 is 0.938 bits per heavy atom. The number of hydrogen-bond acceptors (Lipinski definition) is 3. The Labute approximate surface area is 180 Å². The Kier molecular flexibility index (Phi) is 5.99. The van der Waals surface area contributed by atoms with Crippen molar-refractivity contribution < 1.29 is 26.7 Å². The summed E-state index contributed by atoms with van der Waals surface area (Å²) < 4.78 is 66.9. The molecule has 2 aromatic carbocycles. The molecule has 168 valence electrons. The van der Waals surface area contributed by atoms with E-state index in [1.54, 1.807) is 18.2 Å². The van der Waals surface area contributed by atoms with E-state index < -0.39 is 29.4 Å². The van der Waals surface area contributed by atoms with Crippen LogP contribution in [0.25, 0.3) is 10.9 Å². The fourth-order valence-corrected chi connectivity index (χ4v) is 3.98. The number of alkyl halides is 3. The van der Waals surface area contributed by atoms with Crippen LogP contribution in [0.2, 0.25) is 0 Å². The number of amides is 1. The minimum absolute atomic E-state index is 0.0963. The molecule has 0 saturated heterocycles. The van der Waals surface area contributed by atoms with Crippen LogP contribution in [0.1, 0.15) is 41.7 Å². The van der Waals surface area contributed by atoms with Crippen molar-refractivity contribution in [2.75, 3.05) is 5.32 Å². The zero-order valence-corrected chi connectivity index (χ0v) is 16.8. The van der Waals surface area contributed by atoms with Gasteiger partial charge in [-0.25, -0.2) is 13.8 Å². The normalized spacial score (nSPS) is 19.0. The number of carbonyl (C=O) groups excluding carboxylic acids is 1. The molecule has 1 aromatic heterocycles. The first-order valence-electron chi connectivity index (χ1n) is 10.2. The van der Waals surface area contributed by atoms with E-state index in [1.165, 1.54) is 6.07 Å². The van der Waals surface area contributed by atoms with Crippen LogP contribution in [0.5, 0.6) is 0 Å². The summed E-state index contributed by atoms with van der Waals surface area (Å²) in [6, 6.07) is 10.00. The number of hydrogen-bond donors (Lipinski definition) is 2. The topological polar surface area (TPSA) is 54.0 Å². The molecule has 32 heavy (non-hydrogen) atoms. The van der Waals surface area contributed by atoms with E-state index in [0.29, 0.717) is 36.8 Å². The molecule has 1 saturated carbocycles. The van der Waals surface area contributed by atoms with Crippen LogP contribution >= 0.6 is 0 Å². The maximum atomic E-state index is 13.8. The van der Waals surface area contributed by atoms with Gasteiger partial charge in [0.25, 0.3) is 5.91 Å². The summed E-state index contributed by atoms with van der Waals surface area (Å²) in [4.78, 5) is 16.0. The number of aromatic nitrogens is 1. The van der Waals surface area contributed by atoms with Gasteiger partial charge in [-0.15, -0.1) is 0 Å². The van der Waals surface area contributed by atoms with E-state index >= 15 is 0 Å². The van der Waals surface area contributed by atoms with Gasteiger partial charge in [0.15, 0.2) is 0 Å². The number of para-hydroxylation sites is 1. The summed E-state index contributed by atoms with van der Waals surface area (Å²) in [5, 5.41) is 6.51. The van der Waals surface area contributed by atoms with Crippen molar-refractivity contribution in [2.45, 2.75) is 43.9 Å². The van der Waals surface area contributed by atoms with Crippen molar-refractivity contribution in [3.63, 3.8) is 0 Å². The summed E-state index contributed by atoms with van der Waals surface area (Å²) in [5.41, 5.74) is -0.704. The van der Waals surface area contributed by atoms with Gasteiger partial charge in [-0.1, -0.05) is 18.2 Å². The molecule has 3 aromatic rings. The third-order valence-electron chi connectivity index (χ3n) is 5.60. The number of halogens is 5. The third kappa shape index (κ3) is 4.81. The van der Waals surface area contributed by atoms with Gasteiger partial charge in [-0.2, -0.15) is 13.2 Å². The number of benzene rings is 2. The fraction of sp³-hybridized carbons (Fsp3) is 0.304. The van der Waals surface area contributed by atoms with Crippen LogP contribution in [-0.4, -0.2) is 23.0 Å². The molecule has 1 heterocycles. The van der Waals surface area contributed by atoms with Crippen LogP contribution in [0, 0.1) is 11.6 Å². The molecule has 0 radical (unpaired) electrons. The molecular formula is C23H20F5N3O. The van der Waals surface area contributed by atoms with Crippen LogP contribution in [0.3, 0.4) is 0 Å². The molecule has 1 aliphatic carbocycles. The number of anilines is 1. The highest BCUT2D eigenvalue weighted by Crippen LogP contribution is 2.34. The smallest absolute Gasteiger partial charge is 0.382 e. The highest BCUT2D eigenvalue weighted by Gasteiger charge is 2.34. The molecule has 0 spiro atoms. The molecule has 1 aliphatic rings. The van der Waals surface area contributed by atoms with Crippen LogP contribution in [0.4, 0.5) is 27.6 Å². The zero-order valence-electron chi connectivity index (χ0n) is 16.8. The van der Waals surface area contributed by atoms with Crippen molar-refractivity contribution in [1.82, 2.24) is 10.3 Å². The van der Waals surface area contributed by atoms with Gasteiger partial charge in [-0.05, 0) is 56.0 Å². The number of rotatable bonds is 4. The number of fused-ring (bicyclic) bond motifs is 1. The second-order valence-electron chi connectivity index (χ2n) is 7.86. The Morgan fingerprint density at radius 3 is 2.34 bits per heavy atom. The third-order valence-corrected chi connectivity index (χ3v) is 5.60. The van der Waals surface area contributed by atoms with Gasteiger partial charge in [0.2, 0.25) is 0 Å². The lowest BCUT2D eigenvalue weighted by Gasteiger charge is -2.30. The molecule has 0 aliphatic heterocycles. The molecule has 4 rings (SSSR count). The number of nitrogens with one attached hydrogen (secondary N) is 2. The van der Waals surface area contributed by atoms with Gasteiger partial charge >= 0.3 is 6.18 Å². The van der Waals surface area contributed by atoms with Crippen molar-refractivity contribution in [3.8, 4) is 0 Å². The second-order valence-corrected chi connectivity index (χ2v) is 7.86. The Bertz CT molecular complexity index is 1140. The van der Waals surface area contributed by atoms with E-state index in [9.17, 15) is 26.7 Å². The van der Waals surface area contributed by atoms with Gasteiger partial charge < -0.3 is 10.6 Å². The van der Waals surface area contributed by atoms with Crippen LogP contribution in [-0.2, 0) is 6.18 Å². The average molecular weight is 449 g/mol. The quantitative estimate of drug-likeness (QED) is 0.504. The van der Waals surface area contributed by atoms with E-state index in [0.717, 1.165) is 24.3 Å². The summed E-state index contributed by atoms with van der Waals surface area (Å²) >= 11 is 0. The van der Waals surface area contributed by atoms with Crippen molar-refractivity contribution >= 4 is 22.5 Å². The minimum Gasteiger partial charge on any atom is -0.382 e.